The van der Waals surface area contributed by atoms with Crippen molar-refractivity contribution in [3.8, 4) is 17.2 Å². The number of sulfonamides is 1. The van der Waals surface area contributed by atoms with Gasteiger partial charge in [0.05, 0.1) is 38.5 Å². The number of carbonyl (C=O) groups is 1. The summed E-state index contributed by atoms with van der Waals surface area (Å²) in [5, 5.41) is 12.0. The number of amides is 1. The first-order chi connectivity index (χ1) is 15.2. The molecule has 0 bridgehead atoms. The van der Waals surface area contributed by atoms with E-state index in [0.717, 1.165) is 15.2 Å². The lowest BCUT2D eigenvalue weighted by Crippen LogP contribution is -2.38. The van der Waals surface area contributed by atoms with E-state index in [9.17, 15) is 13.2 Å². The van der Waals surface area contributed by atoms with E-state index in [2.05, 4.69) is 5.32 Å². The molecule has 32 heavy (non-hydrogen) atoms. The number of aryl methyl sites for hydroxylation is 1. The highest BCUT2D eigenvalue weighted by molar-refractivity contribution is 7.92. The van der Waals surface area contributed by atoms with Gasteiger partial charge in [0.2, 0.25) is 5.75 Å². The molecule has 0 aliphatic heterocycles. The highest BCUT2D eigenvalue weighted by atomic mass is 32.2. The minimum atomic E-state index is -4.13. The Kier molecular flexibility index (Phi) is 6.68. The van der Waals surface area contributed by atoms with Crippen molar-refractivity contribution < 1.29 is 32.5 Å². The molecule has 10 nitrogen and oxygen atoms in total. The number of anilines is 1. The van der Waals surface area contributed by atoms with Gasteiger partial charge < -0.3 is 29.2 Å². The third-order valence-electron chi connectivity index (χ3n) is 4.97. The maximum atomic E-state index is 13.7. The monoisotopic (exact) mass is 463 g/mol. The van der Waals surface area contributed by atoms with Crippen molar-refractivity contribution in [2.45, 2.75) is 4.90 Å². The highest BCUT2D eigenvalue weighted by Crippen LogP contribution is 2.40. The third-order valence-corrected chi connectivity index (χ3v) is 6.78. The van der Waals surface area contributed by atoms with Crippen molar-refractivity contribution >= 4 is 32.7 Å². The van der Waals surface area contributed by atoms with Crippen molar-refractivity contribution in [2.75, 3.05) is 38.7 Å². The van der Waals surface area contributed by atoms with Crippen LogP contribution in [0.15, 0.2) is 47.5 Å². The Morgan fingerprint density at radius 3 is 2.28 bits per heavy atom. The third kappa shape index (κ3) is 4.37. The summed E-state index contributed by atoms with van der Waals surface area (Å²) >= 11 is 0. The van der Waals surface area contributed by atoms with Crippen LogP contribution in [0.5, 0.6) is 17.2 Å². The number of ether oxygens (including phenoxy) is 3. The number of aromatic nitrogens is 1. The predicted octanol–water partition coefficient (Wildman–Crippen LogP) is 2.67. The zero-order valence-corrected chi connectivity index (χ0v) is 19.0. The average Bonchev–Trinajstić information content (AvgIpc) is 3.15. The van der Waals surface area contributed by atoms with Crippen molar-refractivity contribution in [1.29, 1.82) is 0 Å². The van der Waals surface area contributed by atoms with Crippen LogP contribution in [0.4, 0.5) is 10.5 Å². The number of fused-ring (bicyclic) bond motifs is 1. The van der Waals surface area contributed by atoms with Crippen LogP contribution in [0.3, 0.4) is 0 Å². The van der Waals surface area contributed by atoms with Crippen molar-refractivity contribution in [3.05, 3.63) is 42.6 Å². The summed E-state index contributed by atoms with van der Waals surface area (Å²) in [4.78, 5) is 10.8. The van der Waals surface area contributed by atoms with Crippen LogP contribution >= 0.6 is 0 Å². The summed E-state index contributed by atoms with van der Waals surface area (Å²) in [5.41, 5.74) is 1.33. The molecule has 3 rings (SSSR count). The second kappa shape index (κ2) is 9.27. The number of benzene rings is 2. The standard InChI is InChI=1S/C21H25N3O7S/c1-23-9-7-14-11-15(5-6-17(14)23)24(10-8-22-21(25)26)32(27,28)16-12-18(29-2)20(31-4)19(13-16)30-3/h5-7,9,11-13,22H,8,10H2,1-4H3,(H,25,26). The smallest absolute Gasteiger partial charge is 0.404 e. The Hall–Kier alpha value is -3.60. The molecule has 1 heterocycles. The molecule has 0 saturated carbocycles. The van der Waals surface area contributed by atoms with E-state index >= 15 is 0 Å². The molecule has 0 unspecified atom stereocenters. The van der Waals surface area contributed by atoms with Crippen molar-refractivity contribution in [3.63, 3.8) is 0 Å². The van der Waals surface area contributed by atoms with E-state index in [0.29, 0.717) is 5.69 Å². The van der Waals surface area contributed by atoms with Crippen LogP contribution in [0.2, 0.25) is 0 Å². The van der Waals surface area contributed by atoms with Gasteiger partial charge in [0.25, 0.3) is 10.0 Å². The summed E-state index contributed by atoms with van der Waals surface area (Å²) in [5.74, 6) is 0.638. The summed E-state index contributed by atoms with van der Waals surface area (Å²) in [6.45, 7) is -0.227. The molecule has 0 spiro atoms. The van der Waals surface area contributed by atoms with Gasteiger partial charge in [-0.1, -0.05) is 0 Å². The van der Waals surface area contributed by atoms with Crippen LogP contribution in [0, 0.1) is 0 Å². The Morgan fingerprint density at radius 1 is 1.06 bits per heavy atom. The SMILES string of the molecule is COc1cc(S(=O)(=O)N(CCNC(=O)O)c2ccc3c(ccn3C)c2)cc(OC)c1OC. The first-order valence-electron chi connectivity index (χ1n) is 9.57. The van der Waals surface area contributed by atoms with Gasteiger partial charge in [-0.2, -0.15) is 0 Å². The van der Waals surface area contributed by atoms with Crippen LogP contribution in [0.25, 0.3) is 10.9 Å². The maximum absolute atomic E-state index is 13.7. The Morgan fingerprint density at radius 2 is 1.72 bits per heavy atom. The molecule has 11 heteroatoms. The fraction of sp³-hybridized carbons (Fsp3) is 0.286. The zero-order valence-electron chi connectivity index (χ0n) is 18.2. The van der Waals surface area contributed by atoms with Gasteiger partial charge in [-0.05, 0) is 24.3 Å². The predicted molar refractivity (Wildman–Crippen MR) is 120 cm³/mol. The van der Waals surface area contributed by atoms with E-state index in [-0.39, 0.29) is 35.2 Å². The lowest BCUT2D eigenvalue weighted by Gasteiger charge is -2.25. The summed E-state index contributed by atoms with van der Waals surface area (Å²) in [6, 6.07) is 9.79. The van der Waals surface area contributed by atoms with Gasteiger partial charge in [-0.25, -0.2) is 13.2 Å². The molecule has 1 aromatic heterocycles. The van der Waals surface area contributed by atoms with Gasteiger partial charge >= 0.3 is 6.09 Å². The second-order valence-electron chi connectivity index (χ2n) is 6.84. The molecular weight excluding hydrogens is 438 g/mol. The minimum absolute atomic E-state index is 0.0875. The zero-order chi connectivity index (χ0) is 23.5. The largest absolute Gasteiger partial charge is 0.493 e. The number of nitrogens with zero attached hydrogens (tertiary/aromatic N) is 2. The first-order valence-corrected chi connectivity index (χ1v) is 11.0. The number of methoxy groups -OCH3 is 3. The molecule has 0 atom stereocenters. The lowest BCUT2D eigenvalue weighted by atomic mass is 10.2. The van der Waals surface area contributed by atoms with Crippen molar-refractivity contribution in [2.24, 2.45) is 7.05 Å². The number of carboxylic acid groups (broad SMARTS) is 1. The van der Waals surface area contributed by atoms with Crippen LogP contribution in [-0.2, 0) is 17.1 Å². The fourth-order valence-corrected chi connectivity index (χ4v) is 4.90. The molecule has 172 valence electrons. The Bertz CT molecular complexity index is 1210. The van der Waals surface area contributed by atoms with Gasteiger partial charge in [0.15, 0.2) is 11.5 Å². The summed E-state index contributed by atoms with van der Waals surface area (Å²) in [6.07, 6.45) is 0.631. The molecule has 0 fully saturated rings. The number of rotatable bonds is 9. The summed E-state index contributed by atoms with van der Waals surface area (Å²) in [7, 11) is 1.98. The average molecular weight is 464 g/mol. The number of hydrogen-bond acceptors (Lipinski definition) is 6. The van der Waals surface area contributed by atoms with E-state index < -0.39 is 16.1 Å². The molecule has 0 aliphatic rings. The molecule has 1 amide bonds. The molecular formula is C21H25N3O7S. The minimum Gasteiger partial charge on any atom is -0.493 e. The number of nitrogens with one attached hydrogen (secondary N) is 1. The van der Waals surface area contributed by atoms with E-state index in [1.807, 2.05) is 29.9 Å². The molecule has 0 aliphatic carbocycles. The molecule has 2 N–H and O–H groups in total. The van der Waals surface area contributed by atoms with Crippen molar-refractivity contribution in [1.82, 2.24) is 9.88 Å². The summed E-state index contributed by atoms with van der Waals surface area (Å²) < 4.78 is 46.3. The lowest BCUT2D eigenvalue weighted by molar-refractivity contribution is 0.195. The van der Waals surface area contributed by atoms with Gasteiger partial charge in [0, 0.05) is 42.8 Å². The van der Waals surface area contributed by atoms with Crippen LogP contribution in [0.1, 0.15) is 0 Å². The second-order valence-corrected chi connectivity index (χ2v) is 8.70. The molecule has 0 radical (unpaired) electrons. The Labute approximate surface area is 186 Å². The van der Waals surface area contributed by atoms with E-state index in [1.165, 1.54) is 33.5 Å². The normalized spacial score (nSPS) is 11.2. The molecule has 2 aromatic carbocycles. The highest BCUT2D eigenvalue weighted by Gasteiger charge is 2.28. The van der Waals surface area contributed by atoms with Crippen LogP contribution < -0.4 is 23.8 Å². The fourth-order valence-electron chi connectivity index (χ4n) is 3.41. The quantitative estimate of drug-likeness (QED) is 0.501. The van der Waals surface area contributed by atoms with E-state index in [4.69, 9.17) is 19.3 Å². The van der Waals surface area contributed by atoms with E-state index in [1.54, 1.807) is 12.1 Å². The van der Waals surface area contributed by atoms with Gasteiger partial charge in [0.1, 0.15) is 0 Å². The Balaban J connectivity index is 2.12. The van der Waals surface area contributed by atoms with Gasteiger partial charge in [-0.15, -0.1) is 0 Å². The topological polar surface area (TPSA) is 119 Å². The first kappa shape index (κ1) is 23.1. The molecule has 3 aromatic rings. The molecule has 0 saturated heterocycles. The maximum Gasteiger partial charge on any atom is 0.404 e. The van der Waals surface area contributed by atoms with Crippen LogP contribution in [-0.4, -0.2) is 58.6 Å². The number of hydrogen-bond donors (Lipinski definition) is 2. The van der Waals surface area contributed by atoms with Gasteiger partial charge in [-0.3, -0.25) is 4.31 Å².